The highest BCUT2D eigenvalue weighted by molar-refractivity contribution is 7.15. The predicted octanol–water partition coefficient (Wildman–Crippen LogP) is 6.06. The fourth-order valence-electron chi connectivity index (χ4n) is 4.88. The first-order valence-corrected chi connectivity index (χ1v) is 13.4. The highest BCUT2D eigenvalue weighted by Gasteiger charge is 2.28. The Labute approximate surface area is 229 Å². The number of nitriles is 1. The van der Waals surface area contributed by atoms with Gasteiger partial charge in [-0.1, -0.05) is 18.2 Å². The van der Waals surface area contributed by atoms with E-state index in [-0.39, 0.29) is 17.0 Å². The number of aryl methyl sites for hydroxylation is 2. The van der Waals surface area contributed by atoms with Crippen LogP contribution < -0.4 is 10.7 Å². The molecular formula is C30H26FN5O2S. The maximum Gasteiger partial charge on any atom is 0.274 e. The third-order valence-electron chi connectivity index (χ3n) is 6.80. The molecular weight excluding hydrogens is 513 g/mol. The third-order valence-corrected chi connectivity index (χ3v) is 8.07. The van der Waals surface area contributed by atoms with Crippen molar-refractivity contribution < 1.29 is 14.0 Å². The Bertz CT molecular complexity index is 1650. The maximum absolute atomic E-state index is 14.2. The lowest BCUT2D eigenvalue weighted by Crippen LogP contribution is -2.19. The van der Waals surface area contributed by atoms with E-state index < -0.39 is 11.7 Å². The number of fused-ring (bicyclic) bond motifs is 1. The number of carbonyl (C=O) groups is 2. The highest BCUT2D eigenvalue weighted by atomic mass is 32.1. The van der Waals surface area contributed by atoms with Crippen LogP contribution in [0.25, 0.3) is 5.00 Å². The van der Waals surface area contributed by atoms with Crippen LogP contribution in [0.5, 0.6) is 0 Å². The van der Waals surface area contributed by atoms with Crippen molar-refractivity contribution in [3.8, 4) is 11.1 Å². The second kappa shape index (κ2) is 11.1. The number of hydrazone groups is 1. The summed E-state index contributed by atoms with van der Waals surface area (Å²) < 4.78 is 16.2. The Balaban J connectivity index is 1.44. The van der Waals surface area contributed by atoms with E-state index in [2.05, 4.69) is 20.4 Å². The number of carbonyl (C=O) groups excluding carboxylic acids is 2. The van der Waals surface area contributed by atoms with Gasteiger partial charge in [-0.15, -0.1) is 11.3 Å². The normalized spacial score (nSPS) is 12.7. The molecule has 0 radical (unpaired) electrons. The van der Waals surface area contributed by atoms with Crippen LogP contribution >= 0.6 is 11.3 Å². The molecule has 0 fully saturated rings. The van der Waals surface area contributed by atoms with E-state index in [4.69, 9.17) is 5.26 Å². The van der Waals surface area contributed by atoms with Crippen LogP contribution in [-0.2, 0) is 12.8 Å². The number of hydrogen-bond donors (Lipinski definition) is 2. The molecule has 0 atom stereocenters. The summed E-state index contributed by atoms with van der Waals surface area (Å²) in [7, 11) is 0. The zero-order chi connectivity index (χ0) is 27.5. The Morgan fingerprint density at radius 3 is 2.59 bits per heavy atom. The molecule has 4 aromatic rings. The first-order chi connectivity index (χ1) is 18.9. The standard InChI is InChI=1S/C30H26FN5O2S/c1-18-14-21(17-33-35-28(37)23-13-12-20(16-32)15-25(23)31)19(2)36(18)30-27(24-10-6-7-11-26(24)39-30)29(38)34-22-8-4-3-5-9-22/h3-5,8-9,12-15,17H,6-7,10-11H2,1-2H3,(H,34,38)(H,35,37)/b33-17+. The summed E-state index contributed by atoms with van der Waals surface area (Å²) in [5.41, 5.74) is 7.40. The first kappa shape index (κ1) is 26.1. The number of nitrogens with one attached hydrogen (secondary N) is 2. The molecule has 0 saturated heterocycles. The zero-order valence-corrected chi connectivity index (χ0v) is 22.4. The molecule has 5 rings (SSSR count). The van der Waals surface area contributed by atoms with Gasteiger partial charge in [0.1, 0.15) is 10.8 Å². The molecule has 0 saturated carbocycles. The van der Waals surface area contributed by atoms with Crippen molar-refractivity contribution in [3.05, 3.63) is 104 Å². The SMILES string of the molecule is Cc1cc(/C=N/NC(=O)c2ccc(C#N)cc2F)c(C)n1-c1sc2c(c1C(=O)Nc1ccccc1)CCCC2. The Kier molecular flexibility index (Phi) is 7.39. The highest BCUT2D eigenvalue weighted by Crippen LogP contribution is 2.39. The fraction of sp³-hybridized carbons (Fsp3) is 0.200. The molecule has 9 heteroatoms. The smallest absolute Gasteiger partial charge is 0.274 e. The van der Waals surface area contributed by atoms with Gasteiger partial charge in [0.2, 0.25) is 0 Å². The van der Waals surface area contributed by atoms with E-state index in [1.165, 1.54) is 23.2 Å². The second-order valence-corrected chi connectivity index (χ2v) is 10.5. The van der Waals surface area contributed by atoms with Crippen LogP contribution in [0, 0.1) is 31.0 Å². The van der Waals surface area contributed by atoms with Crippen LogP contribution in [0.2, 0.25) is 0 Å². The number of rotatable bonds is 6. The van der Waals surface area contributed by atoms with Crippen LogP contribution in [0.15, 0.2) is 59.7 Å². The van der Waals surface area contributed by atoms with E-state index in [1.54, 1.807) is 11.3 Å². The third kappa shape index (κ3) is 5.24. The summed E-state index contributed by atoms with van der Waals surface area (Å²) >= 11 is 1.65. The summed E-state index contributed by atoms with van der Waals surface area (Å²) in [6.45, 7) is 3.90. The van der Waals surface area contributed by atoms with Gasteiger partial charge < -0.3 is 9.88 Å². The molecule has 2 aromatic heterocycles. The molecule has 2 aromatic carbocycles. The molecule has 0 unspecified atom stereocenters. The molecule has 2 heterocycles. The summed E-state index contributed by atoms with van der Waals surface area (Å²) in [5.74, 6) is -1.63. The van der Waals surface area contributed by atoms with Crippen molar-refractivity contribution in [1.29, 1.82) is 5.26 Å². The van der Waals surface area contributed by atoms with Crippen molar-refractivity contribution in [2.75, 3.05) is 5.32 Å². The van der Waals surface area contributed by atoms with E-state index in [1.807, 2.05) is 56.3 Å². The van der Waals surface area contributed by atoms with Gasteiger partial charge in [-0.2, -0.15) is 10.4 Å². The largest absolute Gasteiger partial charge is 0.322 e. The zero-order valence-electron chi connectivity index (χ0n) is 21.5. The van der Waals surface area contributed by atoms with Gasteiger partial charge in [0.15, 0.2) is 0 Å². The van der Waals surface area contributed by atoms with Gasteiger partial charge in [0.05, 0.1) is 29.0 Å². The average molecular weight is 540 g/mol. The van der Waals surface area contributed by atoms with Gasteiger partial charge in [-0.05, 0) is 81.5 Å². The molecule has 0 aliphatic heterocycles. The summed E-state index contributed by atoms with van der Waals surface area (Å²) in [6.07, 6.45) is 5.49. The molecule has 196 valence electrons. The fourth-order valence-corrected chi connectivity index (χ4v) is 6.38. The van der Waals surface area contributed by atoms with Crippen LogP contribution in [0.1, 0.15) is 66.5 Å². The number of thiophene rings is 1. The van der Waals surface area contributed by atoms with Crippen molar-refractivity contribution in [2.45, 2.75) is 39.5 Å². The van der Waals surface area contributed by atoms with Gasteiger partial charge in [-0.25, -0.2) is 9.82 Å². The molecule has 1 aliphatic carbocycles. The van der Waals surface area contributed by atoms with Crippen molar-refractivity contribution >= 4 is 35.1 Å². The lowest BCUT2D eigenvalue weighted by atomic mass is 9.95. The molecule has 0 spiro atoms. The molecule has 7 nitrogen and oxygen atoms in total. The minimum Gasteiger partial charge on any atom is -0.322 e. The molecule has 2 amide bonds. The average Bonchev–Trinajstić information content (AvgIpc) is 3.44. The quantitative estimate of drug-likeness (QED) is 0.230. The van der Waals surface area contributed by atoms with E-state index in [0.29, 0.717) is 5.56 Å². The number of hydrogen-bond acceptors (Lipinski definition) is 5. The summed E-state index contributed by atoms with van der Waals surface area (Å²) in [4.78, 5) is 27.2. The minimum atomic E-state index is -0.789. The van der Waals surface area contributed by atoms with Crippen molar-refractivity contribution in [1.82, 2.24) is 9.99 Å². The Morgan fingerprint density at radius 2 is 1.85 bits per heavy atom. The lowest BCUT2D eigenvalue weighted by Gasteiger charge is -2.14. The lowest BCUT2D eigenvalue weighted by molar-refractivity contribution is 0.0950. The number of amides is 2. The Hall–Kier alpha value is -4.55. The van der Waals surface area contributed by atoms with Crippen LogP contribution in [0.3, 0.4) is 0 Å². The second-order valence-electron chi connectivity index (χ2n) is 9.38. The van der Waals surface area contributed by atoms with Gasteiger partial charge in [-0.3, -0.25) is 9.59 Å². The number of benzene rings is 2. The number of aromatic nitrogens is 1. The van der Waals surface area contributed by atoms with Gasteiger partial charge in [0.25, 0.3) is 11.8 Å². The first-order valence-electron chi connectivity index (χ1n) is 12.6. The molecule has 39 heavy (non-hydrogen) atoms. The van der Waals surface area contributed by atoms with Crippen molar-refractivity contribution in [3.63, 3.8) is 0 Å². The van der Waals surface area contributed by atoms with Crippen LogP contribution in [-0.4, -0.2) is 22.6 Å². The number of anilines is 1. The molecule has 1 aliphatic rings. The Morgan fingerprint density at radius 1 is 1.08 bits per heavy atom. The van der Waals surface area contributed by atoms with E-state index >= 15 is 0 Å². The van der Waals surface area contributed by atoms with E-state index in [0.717, 1.165) is 65.0 Å². The predicted molar refractivity (Wildman–Crippen MR) is 150 cm³/mol. The van der Waals surface area contributed by atoms with Gasteiger partial charge >= 0.3 is 0 Å². The maximum atomic E-state index is 14.2. The summed E-state index contributed by atoms with van der Waals surface area (Å²) in [5, 5.41) is 16.9. The topological polar surface area (TPSA) is 99.3 Å². The summed E-state index contributed by atoms with van der Waals surface area (Å²) in [6, 6.07) is 16.8. The minimum absolute atomic E-state index is 0.130. The molecule has 0 bridgehead atoms. The number of halogens is 1. The van der Waals surface area contributed by atoms with Gasteiger partial charge in [0, 0.05) is 27.5 Å². The van der Waals surface area contributed by atoms with Crippen LogP contribution in [0.4, 0.5) is 10.1 Å². The molecule has 2 N–H and O–H groups in total. The van der Waals surface area contributed by atoms with E-state index in [9.17, 15) is 14.0 Å². The number of nitrogens with zero attached hydrogens (tertiary/aromatic N) is 3. The van der Waals surface area contributed by atoms with Crippen molar-refractivity contribution in [2.24, 2.45) is 5.10 Å². The number of para-hydroxylation sites is 1. The monoisotopic (exact) mass is 539 g/mol.